The Hall–Kier alpha value is -1.07. The van der Waals surface area contributed by atoms with Crippen LogP contribution in [0.1, 0.15) is 43.6 Å². The summed E-state index contributed by atoms with van der Waals surface area (Å²) in [5.74, 6) is -0.302. The Balaban J connectivity index is 3.07. The van der Waals surface area contributed by atoms with Gasteiger partial charge >= 0.3 is 0 Å². The fraction of sp³-hybridized carbons (Fsp3) is 0.500. The van der Waals surface area contributed by atoms with Crippen molar-refractivity contribution in [1.82, 2.24) is 5.32 Å². The van der Waals surface area contributed by atoms with Crippen LogP contribution in [0.4, 0.5) is 0 Å². The quantitative estimate of drug-likeness (QED) is 0.868. The molecule has 20 heavy (non-hydrogen) atoms. The Kier molecular flexibility index (Phi) is 5.21. The van der Waals surface area contributed by atoms with Gasteiger partial charge in [-0.25, -0.2) is 8.42 Å². The maximum absolute atomic E-state index is 12.0. The number of carbonyl (C=O) groups is 1. The molecule has 1 aromatic rings. The first-order valence-corrected chi connectivity index (χ1v) is 8.71. The van der Waals surface area contributed by atoms with Crippen LogP contribution in [0.2, 0.25) is 0 Å². The van der Waals surface area contributed by atoms with Gasteiger partial charge in [-0.2, -0.15) is 0 Å². The zero-order valence-electron chi connectivity index (χ0n) is 12.2. The van der Waals surface area contributed by atoms with Gasteiger partial charge in [0.2, 0.25) is 0 Å². The third-order valence-electron chi connectivity index (χ3n) is 2.75. The lowest BCUT2D eigenvalue weighted by Crippen LogP contribution is -2.32. The zero-order valence-corrected chi connectivity index (χ0v) is 13.7. The van der Waals surface area contributed by atoms with E-state index >= 15 is 0 Å². The standard InChI is InChI=1S/C14H20ClNO3S/c1-5-10-6-7-11(8-12(10)20(15,18)19)13(17)16-9-14(2,3)4/h6-8H,5,9H2,1-4H3,(H,16,17). The number of carbonyl (C=O) groups excluding carboxylic acids is 1. The monoisotopic (exact) mass is 317 g/mol. The van der Waals surface area contributed by atoms with Crippen molar-refractivity contribution in [3.63, 3.8) is 0 Å². The Morgan fingerprint density at radius 2 is 1.90 bits per heavy atom. The summed E-state index contributed by atoms with van der Waals surface area (Å²) in [6.45, 7) is 8.34. The molecule has 4 nitrogen and oxygen atoms in total. The molecule has 0 heterocycles. The van der Waals surface area contributed by atoms with E-state index < -0.39 is 9.05 Å². The summed E-state index contributed by atoms with van der Waals surface area (Å²) in [4.78, 5) is 12.0. The average Bonchev–Trinajstić information content (AvgIpc) is 2.33. The van der Waals surface area contributed by atoms with Crippen molar-refractivity contribution < 1.29 is 13.2 Å². The molecular weight excluding hydrogens is 298 g/mol. The molecule has 6 heteroatoms. The molecule has 0 aliphatic heterocycles. The van der Waals surface area contributed by atoms with Crippen LogP contribution in [0.3, 0.4) is 0 Å². The molecule has 112 valence electrons. The van der Waals surface area contributed by atoms with E-state index in [0.717, 1.165) is 0 Å². The van der Waals surface area contributed by atoms with E-state index in [2.05, 4.69) is 5.32 Å². The van der Waals surface area contributed by atoms with Crippen LogP contribution in [0.25, 0.3) is 0 Å². The summed E-state index contributed by atoms with van der Waals surface area (Å²) >= 11 is 0. The van der Waals surface area contributed by atoms with Gasteiger partial charge in [-0.3, -0.25) is 4.79 Å². The van der Waals surface area contributed by atoms with Crippen LogP contribution in [0, 0.1) is 5.41 Å². The van der Waals surface area contributed by atoms with Crippen LogP contribution in [-0.2, 0) is 15.5 Å². The average molecular weight is 318 g/mol. The topological polar surface area (TPSA) is 63.2 Å². The van der Waals surface area contributed by atoms with Gasteiger partial charge < -0.3 is 5.32 Å². The minimum Gasteiger partial charge on any atom is -0.352 e. The van der Waals surface area contributed by atoms with Gasteiger partial charge in [0, 0.05) is 22.8 Å². The first-order valence-electron chi connectivity index (χ1n) is 6.40. The highest BCUT2D eigenvalue weighted by atomic mass is 35.7. The SMILES string of the molecule is CCc1ccc(C(=O)NCC(C)(C)C)cc1S(=O)(=O)Cl. The number of nitrogens with one attached hydrogen (secondary N) is 1. The molecule has 1 N–H and O–H groups in total. The van der Waals surface area contributed by atoms with Crippen LogP contribution in [-0.4, -0.2) is 20.9 Å². The Morgan fingerprint density at radius 1 is 1.30 bits per heavy atom. The second kappa shape index (κ2) is 6.14. The third kappa shape index (κ3) is 4.80. The molecule has 1 aromatic carbocycles. The lowest BCUT2D eigenvalue weighted by atomic mass is 9.97. The minimum atomic E-state index is -3.85. The van der Waals surface area contributed by atoms with E-state index in [1.54, 1.807) is 12.1 Å². The zero-order chi connectivity index (χ0) is 15.6. The summed E-state index contributed by atoms with van der Waals surface area (Å²) in [6, 6.07) is 4.57. The fourth-order valence-corrected chi connectivity index (χ4v) is 2.89. The number of halogens is 1. The predicted octanol–water partition coefficient (Wildman–Crippen LogP) is 2.95. The largest absolute Gasteiger partial charge is 0.352 e. The number of aryl methyl sites for hydroxylation is 1. The number of hydrogen-bond donors (Lipinski definition) is 1. The molecule has 1 amide bonds. The highest BCUT2D eigenvalue weighted by Gasteiger charge is 2.18. The molecule has 0 bridgehead atoms. The first kappa shape index (κ1) is 17.0. The lowest BCUT2D eigenvalue weighted by Gasteiger charge is -2.19. The Morgan fingerprint density at radius 3 is 2.35 bits per heavy atom. The highest BCUT2D eigenvalue weighted by Crippen LogP contribution is 2.22. The second-order valence-corrected chi connectivity index (χ2v) is 8.39. The van der Waals surface area contributed by atoms with Crippen LogP contribution in [0.5, 0.6) is 0 Å². The molecular formula is C14H20ClNO3S. The smallest absolute Gasteiger partial charge is 0.261 e. The van der Waals surface area contributed by atoms with Crippen molar-refractivity contribution in [2.75, 3.05) is 6.54 Å². The van der Waals surface area contributed by atoms with Crippen molar-refractivity contribution >= 4 is 25.6 Å². The van der Waals surface area contributed by atoms with Crippen LogP contribution in [0.15, 0.2) is 23.1 Å². The molecule has 1 rings (SSSR count). The van der Waals surface area contributed by atoms with Gasteiger partial charge in [0.25, 0.3) is 15.0 Å². The molecule has 0 radical (unpaired) electrons. The van der Waals surface area contributed by atoms with E-state index in [4.69, 9.17) is 10.7 Å². The molecule has 0 unspecified atom stereocenters. The first-order chi connectivity index (χ1) is 9.04. The maximum Gasteiger partial charge on any atom is 0.261 e. The third-order valence-corrected chi connectivity index (χ3v) is 4.16. The molecule has 0 aliphatic rings. The van der Waals surface area contributed by atoms with Gasteiger partial charge in [-0.05, 0) is 29.5 Å². The molecule has 0 aromatic heterocycles. The van der Waals surface area contributed by atoms with E-state index in [-0.39, 0.29) is 16.2 Å². The number of rotatable bonds is 4. The van der Waals surface area contributed by atoms with Crippen molar-refractivity contribution in [2.24, 2.45) is 5.41 Å². The van der Waals surface area contributed by atoms with Crippen molar-refractivity contribution in [1.29, 1.82) is 0 Å². The molecule has 0 fully saturated rings. The van der Waals surface area contributed by atoms with E-state index in [9.17, 15) is 13.2 Å². The van der Waals surface area contributed by atoms with Crippen LogP contribution < -0.4 is 5.32 Å². The number of hydrogen-bond acceptors (Lipinski definition) is 3. The van der Waals surface area contributed by atoms with Crippen molar-refractivity contribution in [3.05, 3.63) is 29.3 Å². The maximum atomic E-state index is 12.0. The van der Waals surface area contributed by atoms with Gasteiger partial charge in [0.05, 0.1) is 4.90 Å². The van der Waals surface area contributed by atoms with Gasteiger partial charge in [0.1, 0.15) is 0 Å². The van der Waals surface area contributed by atoms with Gasteiger partial charge in [-0.15, -0.1) is 0 Å². The van der Waals surface area contributed by atoms with E-state index in [1.807, 2.05) is 27.7 Å². The minimum absolute atomic E-state index is 0.00470. The van der Waals surface area contributed by atoms with Crippen molar-refractivity contribution in [2.45, 2.75) is 39.0 Å². The van der Waals surface area contributed by atoms with Crippen molar-refractivity contribution in [3.8, 4) is 0 Å². The fourth-order valence-electron chi connectivity index (χ4n) is 1.66. The van der Waals surface area contributed by atoms with E-state index in [1.165, 1.54) is 6.07 Å². The predicted molar refractivity (Wildman–Crippen MR) is 80.6 cm³/mol. The summed E-state index contributed by atoms with van der Waals surface area (Å²) in [5.41, 5.74) is 0.860. The molecule has 0 spiro atoms. The van der Waals surface area contributed by atoms with Gasteiger partial charge in [-0.1, -0.05) is 33.8 Å². The Labute approximate surface area is 124 Å². The van der Waals surface area contributed by atoms with E-state index in [0.29, 0.717) is 24.1 Å². The lowest BCUT2D eigenvalue weighted by molar-refractivity contribution is 0.0939. The summed E-state index contributed by atoms with van der Waals surface area (Å²) in [5, 5.41) is 2.78. The molecule has 0 atom stereocenters. The Bertz CT molecular complexity index is 603. The molecule has 0 saturated carbocycles. The number of benzene rings is 1. The highest BCUT2D eigenvalue weighted by molar-refractivity contribution is 8.13. The number of amides is 1. The molecule has 0 aliphatic carbocycles. The normalized spacial score (nSPS) is 12.2. The summed E-state index contributed by atoms with van der Waals surface area (Å²) in [7, 11) is 1.56. The van der Waals surface area contributed by atoms with Gasteiger partial charge in [0.15, 0.2) is 0 Å². The summed E-state index contributed by atoms with van der Waals surface area (Å²) < 4.78 is 23.1. The summed E-state index contributed by atoms with van der Waals surface area (Å²) in [6.07, 6.45) is 0.533. The second-order valence-electron chi connectivity index (χ2n) is 5.86. The van der Waals surface area contributed by atoms with Crippen LogP contribution >= 0.6 is 10.7 Å². The molecule has 0 saturated heterocycles.